The first-order valence-electron chi connectivity index (χ1n) is 13.6. The minimum absolute atomic E-state index is 0.0392. The van der Waals surface area contributed by atoms with Gasteiger partial charge in [0.1, 0.15) is 11.6 Å². The number of aliphatic carboxylic acids is 1. The maximum absolute atomic E-state index is 14.8. The monoisotopic (exact) mass is 616 g/mol. The van der Waals surface area contributed by atoms with Crippen molar-refractivity contribution in [2.45, 2.75) is 70.4 Å². The summed E-state index contributed by atoms with van der Waals surface area (Å²) in [5.41, 5.74) is -2.12. The average Bonchev–Trinajstić information content (AvgIpc) is 2.94. The van der Waals surface area contributed by atoms with E-state index in [1.807, 2.05) is 0 Å². The smallest absolute Gasteiger partial charge is 0.419 e. The number of methoxy groups -OCH3 is 1. The number of ether oxygens (including phenoxy) is 2. The molecule has 9 nitrogen and oxygen atoms in total. The van der Waals surface area contributed by atoms with Gasteiger partial charge in [0.2, 0.25) is 5.91 Å². The molecule has 14 heteroatoms. The number of aliphatic hydroxyl groups excluding tert-OH is 1. The van der Waals surface area contributed by atoms with E-state index in [4.69, 9.17) is 9.47 Å². The standard InChI is InChI=1S/C29H33F5N2O7/c1-4-22(37)25(27(39)36-16-7-10-20(30)19(11-16)29(32,33)34)14(2)35-26(38)18-12-24(21(31)13-23(18)42-3)43-17-8-5-15(6-9-17)28(40)41/h7,10-15,17,22,25,37H,4-6,8-9H2,1-3H3,(H,35,38)(H,36,39)(H,40,41)/t14-,15?,17?,22-,25-/m0/s1. The van der Waals surface area contributed by atoms with Crippen molar-refractivity contribution in [3.8, 4) is 11.5 Å². The van der Waals surface area contributed by atoms with E-state index in [2.05, 4.69) is 10.6 Å². The second-order valence-corrected chi connectivity index (χ2v) is 10.4. The van der Waals surface area contributed by atoms with Crippen LogP contribution in [0.5, 0.6) is 11.5 Å². The SMILES string of the molecule is CC[C@H](O)[C@@H](C(=O)Nc1ccc(F)c(C(F)(F)F)c1)[C@H](C)NC(=O)c1cc(OC2CCC(C(=O)O)CC2)c(F)cc1OC. The van der Waals surface area contributed by atoms with E-state index < -0.39 is 71.2 Å². The minimum Gasteiger partial charge on any atom is -0.496 e. The number of carbonyl (C=O) groups is 3. The van der Waals surface area contributed by atoms with Crippen LogP contribution in [0.1, 0.15) is 61.9 Å². The third-order valence-corrected chi connectivity index (χ3v) is 7.39. The van der Waals surface area contributed by atoms with Gasteiger partial charge in [-0.25, -0.2) is 8.78 Å². The van der Waals surface area contributed by atoms with E-state index in [-0.39, 0.29) is 29.2 Å². The van der Waals surface area contributed by atoms with Gasteiger partial charge in [-0.15, -0.1) is 0 Å². The van der Waals surface area contributed by atoms with Crippen molar-refractivity contribution in [2.24, 2.45) is 11.8 Å². The number of halogens is 5. The summed E-state index contributed by atoms with van der Waals surface area (Å²) in [7, 11) is 1.21. The van der Waals surface area contributed by atoms with Crippen LogP contribution in [-0.2, 0) is 15.8 Å². The Hall–Kier alpha value is -3.94. The van der Waals surface area contributed by atoms with Crippen LogP contribution in [-0.4, -0.2) is 53.4 Å². The van der Waals surface area contributed by atoms with Crippen LogP contribution >= 0.6 is 0 Å². The van der Waals surface area contributed by atoms with Gasteiger partial charge in [0.05, 0.1) is 42.3 Å². The highest BCUT2D eigenvalue weighted by molar-refractivity contribution is 5.99. The first-order valence-corrected chi connectivity index (χ1v) is 13.6. The fraction of sp³-hybridized carbons (Fsp3) is 0.483. The normalized spacial score (nSPS) is 19.1. The van der Waals surface area contributed by atoms with Crippen molar-refractivity contribution in [3.63, 3.8) is 0 Å². The lowest BCUT2D eigenvalue weighted by molar-refractivity contribution is -0.143. The molecule has 43 heavy (non-hydrogen) atoms. The van der Waals surface area contributed by atoms with Gasteiger partial charge in [0, 0.05) is 17.8 Å². The Kier molecular flexibility index (Phi) is 10.9. The highest BCUT2D eigenvalue weighted by Crippen LogP contribution is 2.34. The maximum atomic E-state index is 14.8. The first kappa shape index (κ1) is 33.6. The number of nitrogens with one attached hydrogen (secondary N) is 2. The molecule has 1 fully saturated rings. The Labute approximate surface area is 244 Å². The summed E-state index contributed by atoms with van der Waals surface area (Å²) >= 11 is 0. The van der Waals surface area contributed by atoms with Crippen LogP contribution in [0.3, 0.4) is 0 Å². The number of alkyl halides is 3. The lowest BCUT2D eigenvalue weighted by atomic mass is 9.87. The third kappa shape index (κ3) is 8.33. The molecule has 0 unspecified atom stereocenters. The molecule has 2 aromatic carbocycles. The molecule has 0 aliphatic heterocycles. The van der Waals surface area contributed by atoms with Gasteiger partial charge in [-0.05, 0) is 63.3 Å². The molecule has 0 radical (unpaired) electrons. The highest BCUT2D eigenvalue weighted by Gasteiger charge is 2.36. The van der Waals surface area contributed by atoms with Gasteiger partial charge in [0.15, 0.2) is 11.6 Å². The van der Waals surface area contributed by atoms with Crippen molar-refractivity contribution in [2.75, 3.05) is 12.4 Å². The van der Waals surface area contributed by atoms with Gasteiger partial charge in [0.25, 0.3) is 5.91 Å². The molecule has 0 aromatic heterocycles. The lowest BCUT2D eigenvalue weighted by Crippen LogP contribution is -2.48. The zero-order valence-corrected chi connectivity index (χ0v) is 23.6. The van der Waals surface area contributed by atoms with E-state index in [1.54, 1.807) is 6.92 Å². The van der Waals surface area contributed by atoms with Gasteiger partial charge >= 0.3 is 12.1 Å². The van der Waals surface area contributed by atoms with Crippen LogP contribution in [0.4, 0.5) is 27.6 Å². The van der Waals surface area contributed by atoms with Crippen LogP contribution in [0.25, 0.3) is 0 Å². The molecule has 3 rings (SSSR count). The van der Waals surface area contributed by atoms with Gasteiger partial charge in [-0.2, -0.15) is 13.2 Å². The number of hydrogen-bond acceptors (Lipinski definition) is 6. The number of benzene rings is 2. The summed E-state index contributed by atoms with van der Waals surface area (Å²) < 4.78 is 78.8. The number of anilines is 1. The average molecular weight is 617 g/mol. The van der Waals surface area contributed by atoms with Crippen LogP contribution in [0.2, 0.25) is 0 Å². The molecule has 4 N–H and O–H groups in total. The number of hydrogen-bond donors (Lipinski definition) is 4. The molecule has 1 aliphatic carbocycles. The fourth-order valence-corrected chi connectivity index (χ4v) is 4.99. The van der Waals surface area contributed by atoms with E-state index >= 15 is 0 Å². The number of amides is 2. The topological polar surface area (TPSA) is 134 Å². The number of rotatable bonds is 11. The number of carboxylic acid groups (broad SMARTS) is 1. The van der Waals surface area contributed by atoms with E-state index in [9.17, 15) is 46.5 Å². The highest BCUT2D eigenvalue weighted by atomic mass is 19.4. The Morgan fingerprint density at radius 3 is 2.23 bits per heavy atom. The second kappa shape index (κ2) is 14.0. The van der Waals surface area contributed by atoms with E-state index in [1.165, 1.54) is 14.0 Å². The predicted molar refractivity (Wildman–Crippen MR) is 144 cm³/mol. The summed E-state index contributed by atoms with van der Waals surface area (Å²) in [6.07, 6.45) is -5.36. The zero-order valence-electron chi connectivity index (χ0n) is 23.6. The minimum atomic E-state index is -5.01. The number of carbonyl (C=O) groups excluding carboxylic acids is 2. The fourth-order valence-electron chi connectivity index (χ4n) is 4.99. The van der Waals surface area contributed by atoms with Crippen molar-refractivity contribution in [3.05, 3.63) is 53.1 Å². The molecular weight excluding hydrogens is 583 g/mol. The van der Waals surface area contributed by atoms with Gasteiger partial charge in [-0.3, -0.25) is 14.4 Å². The zero-order chi connectivity index (χ0) is 32.1. The van der Waals surface area contributed by atoms with E-state index in [0.717, 1.165) is 18.2 Å². The van der Waals surface area contributed by atoms with Crippen LogP contribution in [0.15, 0.2) is 30.3 Å². The number of aliphatic hydroxyl groups is 1. The van der Waals surface area contributed by atoms with Crippen LogP contribution < -0.4 is 20.1 Å². The van der Waals surface area contributed by atoms with Gasteiger partial charge < -0.3 is 30.3 Å². The van der Waals surface area contributed by atoms with Crippen molar-refractivity contribution >= 4 is 23.5 Å². The summed E-state index contributed by atoms with van der Waals surface area (Å²) in [6, 6.07) is 2.85. The molecule has 0 spiro atoms. The molecule has 236 valence electrons. The largest absolute Gasteiger partial charge is 0.496 e. The maximum Gasteiger partial charge on any atom is 0.419 e. The van der Waals surface area contributed by atoms with Crippen molar-refractivity contribution in [1.82, 2.24) is 5.32 Å². The molecule has 0 heterocycles. The van der Waals surface area contributed by atoms with Crippen molar-refractivity contribution < 1.29 is 56.0 Å². The first-order chi connectivity index (χ1) is 20.2. The molecule has 0 bridgehead atoms. The molecule has 1 saturated carbocycles. The van der Waals surface area contributed by atoms with Gasteiger partial charge in [-0.1, -0.05) is 6.92 Å². The third-order valence-electron chi connectivity index (χ3n) is 7.39. The molecule has 3 atom stereocenters. The Balaban J connectivity index is 1.79. The summed E-state index contributed by atoms with van der Waals surface area (Å²) in [5.74, 6) is -7.32. The number of carboxylic acids is 1. The summed E-state index contributed by atoms with van der Waals surface area (Å²) in [4.78, 5) is 37.6. The Bertz CT molecular complexity index is 1330. The molecule has 0 saturated heterocycles. The Morgan fingerprint density at radius 2 is 1.67 bits per heavy atom. The quantitative estimate of drug-likeness (QED) is 0.256. The lowest BCUT2D eigenvalue weighted by Gasteiger charge is -2.28. The molecule has 2 aromatic rings. The predicted octanol–water partition coefficient (Wildman–Crippen LogP) is 5.16. The molecule has 2 amide bonds. The van der Waals surface area contributed by atoms with Crippen LogP contribution in [0, 0.1) is 23.5 Å². The second-order valence-electron chi connectivity index (χ2n) is 10.4. The molecule has 1 aliphatic rings. The molecular formula is C29H33F5N2O7. The van der Waals surface area contributed by atoms with E-state index in [0.29, 0.717) is 37.8 Å². The Morgan fingerprint density at radius 1 is 1.02 bits per heavy atom. The summed E-state index contributed by atoms with van der Waals surface area (Å²) in [5, 5.41) is 24.5. The van der Waals surface area contributed by atoms with Crippen molar-refractivity contribution in [1.29, 1.82) is 0 Å². The summed E-state index contributed by atoms with van der Waals surface area (Å²) in [6.45, 7) is 2.94.